The van der Waals surface area contributed by atoms with Crippen molar-refractivity contribution in [2.45, 2.75) is 26.3 Å². The number of hydrogen-bond acceptors (Lipinski definition) is 5. The molecule has 0 aliphatic rings. The number of benzene rings is 1. The number of rotatable bonds is 5. The van der Waals surface area contributed by atoms with E-state index >= 15 is 0 Å². The van der Waals surface area contributed by atoms with E-state index < -0.39 is 0 Å². The molecule has 23 heavy (non-hydrogen) atoms. The van der Waals surface area contributed by atoms with E-state index in [4.69, 9.17) is 4.52 Å². The van der Waals surface area contributed by atoms with Crippen LogP contribution >= 0.6 is 12.4 Å². The molecule has 3 rings (SSSR count). The van der Waals surface area contributed by atoms with Crippen LogP contribution in [-0.4, -0.2) is 32.8 Å². The van der Waals surface area contributed by atoms with Crippen LogP contribution in [-0.2, 0) is 6.42 Å². The van der Waals surface area contributed by atoms with Crippen LogP contribution in [0.2, 0.25) is 0 Å². The lowest BCUT2D eigenvalue weighted by atomic mass is 10.1. The van der Waals surface area contributed by atoms with Crippen molar-refractivity contribution >= 4 is 12.4 Å². The summed E-state index contributed by atoms with van der Waals surface area (Å²) in [5.41, 5.74) is 3.02. The van der Waals surface area contributed by atoms with Crippen molar-refractivity contribution in [3.63, 3.8) is 0 Å². The molecule has 0 saturated heterocycles. The normalized spacial score (nSPS) is 12.0. The number of aromatic nitrogens is 4. The summed E-state index contributed by atoms with van der Waals surface area (Å²) in [6.07, 6.45) is 6.13. The van der Waals surface area contributed by atoms with Crippen LogP contribution in [0.1, 0.15) is 18.3 Å². The van der Waals surface area contributed by atoms with E-state index in [1.54, 1.807) is 12.5 Å². The lowest BCUT2D eigenvalue weighted by Gasteiger charge is -2.08. The van der Waals surface area contributed by atoms with Crippen molar-refractivity contribution < 1.29 is 4.52 Å². The molecule has 1 atom stereocenters. The fraction of sp³-hybridized carbons (Fsp3) is 0.312. The molecule has 1 aromatic carbocycles. The molecule has 0 aliphatic carbocycles. The summed E-state index contributed by atoms with van der Waals surface area (Å²) < 4.78 is 7.41. The van der Waals surface area contributed by atoms with E-state index in [0.717, 1.165) is 23.2 Å². The molecule has 3 aromatic rings. The van der Waals surface area contributed by atoms with Crippen molar-refractivity contribution in [2.24, 2.45) is 0 Å². The lowest BCUT2D eigenvalue weighted by molar-refractivity contribution is 0.418. The summed E-state index contributed by atoms with van der Waals surface area (Å²) in [5.74, 6) is 1.24. The second-order valence-corrected chi connectivity index (χ2v) is 5.40. The van der Waals surface area contributed by atoms with Crippen LogP contribution in [0.3, 0.4) is 0 Å². The molecule has 0 bridgehead atoms. The maximum Gasteiger partial charge on any atom is 0.260 e. The number of aryl methyl sites for hydroxylation is 1. The Balaban J connectivity index is 0.00000192. The minimum atomic E-state index is 0. The van der Waals surface area contributed by atoms with Gasteiger partial charge in [-0.2, -0.15) is 4.98 Å². The van der Waals surface area contributed by atoms with E-state index in [2.05, 4.69) is 33.4 Å². The third-order valence-corrected chi connectivity index (χ3v) is 3.61. The maximum absolute atomic E-state index is 5.47. The Morgan fingerprint density at radius 3 is 2.87 bits per heavy atom. The van der Waals surface area contributed by atoms with E-state index in [-0.39, 0.29) is 12.4 Å². The van der Waals surface area contributed by atoms with Gasteiger partial charge in [-0.25, -0.2) is 4.98 Å². The van der Waals surface area contributed by atoms with Gasteiger partial charge in [-0.05, 0) is 33.0 Å². The molecule has 6 nitrogen and oxygen atoms in total. The predicted molar refractivity (Wildman–Crippen MR) is 91.1 cm³/mol. The summed E-state index contributed by atoms with van der Waals surface area (Å²) in [6.45, 7) is 4.13. The molecular weight excluding hydrogens is 314 g/mol. The van der Waals surface area contributed by atoms with Gasteiger partial charge in [-0.1, -0.05) is 16.8 Å². The first-order valence-electron chi connectivity index (χ1n) is 7.26. The largest absolute Gasteiger partial charge is 0.334 e. The molecule has 7 heteroatoms. The fourth-order valence-electron chi connectivity index (χ4n) is 2.27. The Labute approximate surface area is 141 Å². The van der Waals surface area contributed by atoms with Gasteiger partial charge in [0.1, 0.15) is 0 Å². The Bertz CT molecular complexity index is 754. The van der Waals surface area contributed by atoms with Gasteiger partial charge in [0.25, 0.3) is 5.89 Å². The van der Waals surface area contributed by atoms with Gasteiger partial charge in [0.15, 0.2) is 5.82 Å². The molecule has 0 saturated carbocycles. The smallest absolute Gasteiger partial charge is 0.260 e. The molecule has 0 radical (unpaired) electrons. The second-order valence-electron chi connectivity index (χ2n) is 5.40. The van der Waals surface area contributed by atoms with Crippen molar-refractivity contribution in [3.8, 4) is 17.1 Å². The van der Waals surface area contributed by atoms with Crippen LogP contribution in [0.25, 0.3) is 17.1 Å². The van der Waals surface area contributed by atoms with Crippen LogP contribution in [0, 0.1) is 6.92 Å². The van der Waals surface area contributed by atoms with Crippen molar-refractivity contribution in [1.29, 1.82) is 0 Å². The first-order valence-corrected chi connectivity index (χ1v) is 7.26. The fourth-order valence-corrected chi connectivity index (χ4v) is 2.27. The average molecular weight is 334 g/mol. The first-order chi connectivity index (χ1) is 10.7. The maximum atomic E-state index is 5.47. The number of hydrogen-bond donors (Lipinski definition) is 1. The van der Waals surface area contributed by atoms with E-state index in [0.29, 0.717) is 17.8 Å². The SMILES string of the molecule is CNC(C)Cc1noc(-c2cc(C)ccc2-n2ccnc2)n1.Cl. The number of nitrogens with one attached hydrogen (secondary N) is 1. The van der Waals surface area contributed by atoms with Gasteiger partial charge in [-0.15, -0.1) is 12.4 Å². The Morgan fingerprint density at radius 2 is 2.17 bits per heavy atom. The zero-order chi connectivity index (χ0) is 15.5. The summed E-state index contributed by atoms with van der Waals surface area (Å²) in [5, 5.41) is 7.25. The van der Waals surface area contributed by atoms with Crippen LogP contribution in [0.4, 0.5) is 0 Å². The molecule has 122 valence electrons. The minimum absolute atomic E-state index is 0. The number of nitrogens with zero attached hydrogens (tertiary/aromatic N) is 4. The number of likely N-dealkylation sites (N-methyl/N-ethyl adjacent to an activating group) is 1. The third kappa shape index (κ3) is 3.78. The molecule has 1 N–H and O–H groups in total. The average Bonchev–Trinajstić information content (AvgIpc) is 3.18. The van der Waals surface area contributed by atoms with Crippen LogP contribution in [0.5, 0.6) is 0 Å². The Hall–Kier alpha value is -2.18. The van der Waals surface area contributed by atoms with Gasteiger partial charge in [0, 0.05) is 24.9 Å². The molecule has 0 amide bonds. The highest BCUT2D eigenvalue weighted by Gasteiger charge is 2.15. The van der Waals surface area contributed by atoms with Crippen molar-refractivity contribution in [2.75, 3.05) is 7.05 Å². The molecule has 2 heterocycles. The highest BCUT2D eigenvalue weighted by Crippen LogP contribution is 2.26. The van der Waals surface area contributed by atoms with Gasteiger partial charge in [0.2, 0.25) is 0 Å². The van der Waals surface area contributed by atoms with Gasteiger partial charge >= 0.3 is 0 Å². The van der Waals surface area contributed by atoms with Gasteiger partial charge in [0.05, 0.1) is 17.6 Å². The first kappa shape index (κ1) is 17.2. The van der Waals surface area contributed by atoms with E-state index in [1.807, 2.05) is 36.9 Å². The second kappa shape index (κ2) is 7.39. The molecule has 0 aliphatic heterocycles. The number of halogens is 1. The van der Waals surface area contributed by atoms with Crippen LogP contribution in [0.15, 0.2) is 41.4 Å². The highest BCUT2D eigenvalue weighted by atomic mass is 35.5. The highest BCUT2D eigenvalue weighted by molar-refractivity contribution is 5.85. The molecule has 2 aromatic heterocycles. The summed E-state index contributed by atoms with van der Waals surface area (Å²) in [4.78, 5) is 8.63. The van der Waals surface area contributed by atoms with E-state index in [9.17, 15) is 0 Å². The zero-order valence-electron chi connectivity index (χ0n) is 13.4. The lowest BCUT2D eigenvalue weighted by Crippen LogP contribution is -2.24. The predicted octanol–water partition coefficient (Wildman–Crippen LogP) is 2.80. The monoisotopic (exact) mass is 333 g/mol. The minimum Gasteiger partial charge on any atom is -0.334 e. The van der Waals surface area contributed by atoms with Crippen molar-refractivity contribution in [1.82, 2.24) is 25.0 Å². The number of imidazole rings is 1. The molecular formula is C16H20ClN5O. The third-order valence-electron chi connectivity index (χ3n) is 3.61. The van der Waals surface area contributed by atoms with Gasteiger partial charge in [-0.3, -0.25) is 0 Å². The topological polar surface area (TPSA) is 68.8 Å². The quantitative estimate of drug-likeness (QED) is 0.777. The molecule has 0 spiro atoms. The van der Waals surface area contributed by atoms with E-state index in [1.165, 1.54) is 0 Å². The van der Waals surface area contributed by atoms with Gasteiger partial charge < -0.3 is 14.4 Å². The Morgan fingerprint density at radius 1 is 1.35 bits per heavy atom. The Kier molecular flexibility index (Phi) is 5.52. The van der Waals surface area contributed by atoms with Crippen molar-refractivity contribution in [3.05, 3.63) is 48.3 Å². The summed E-state index contributed by atoms with van der Waals surface area (Å²) in [6, 6.07) is 6.44. The molecule has 1 unspecified atom stereocenters. The summed E-state index contributed by atoms with van der Waals surface area (Å²) in [7, 11) is 1.92. The summed E-state index contributed by atoms with van der Waals surface area (Å²) >= 11 is 0. The van der Waals surface area contributed by atoms with Crippen LogP contribution < -0.4 is 5.32 Å². The molecule has 0 fully saturated rings. The standard InChI is InChI=1S/C16H19N5O.ClH/c1-11-4-5-14(21-7-6-18-10-21)13(8-11)16-19-15(20-22-16)9-12(2)17-3;/h4-8,10,12,17H,9H2,1-3H3;1H. The zero-order valence-corrected chi connectivity index (χ0v) is 14.2.